The van der Waals surface area contributed by atoms with Gasteiger partial charge in [0.2, 0.25) is 0 Å². The smallest absolute Gasteiger partial charge is 0.311 e. The van der Waals surface area contributed by atoms with Gasteiger partial charge in [0, 0.05) is 0 Å². The highest BCUT2D eigenvalue weighted by molar-refractivity contribution is 5.75. The second kappa shape index (κ2) is 14.8. The lowest BCUT2D eigenvalue weighted by Crippen LogP contribution is -2.26. The van der Waals surface area contributed by atoms with Crippen molar-refractivity contribution < 1.29 is 9.53 Å². The van der Waals surface area contributed by atoms with Crippen LogP contribution >= 0.6 is 0 Å². The molecule has 1 aromatic carbocycles. The molecule has 0 radical (unpaired) electrons. The van der Waals surface area contributed by atoms with Crippen LogP contribution in [0.15, 0.2) is 30.3 Å². The van der Waals surface area contributed by atoms with Gasteiger partial charge in [-0.3, -0.25) is 4.79 Å². The number of esters is 1. The number of unbranched alkanes of at least 4 members (excludes halogenated alkanes) is 9. The van der Waals surface area contributed by atoms with Crippen molar-refractivity contribution in [3.8, 4) is 0 Å². The maximum atomic E-state index is 12.3. The Kier molecular flexibility index (Phi) is 14.0. The molecule has 3 heteroatoms. The van der Waals surface area contributed by atoms with Gasteiger partial charge in [-0.2, -0.15) is 0 Å². The topological polar surface area (TPSA) is 61.3 Å². The lowest BCUT2D eigenvalue weighted by atomic mass is 9.87. The normalized spacial score (nSPS) is 11.0. The highest BCUT2D eigenvalue weighted by Crippen LogP contribution is 2.26. The Morgan fingerprint density at radius 1 is 0.846 bits per heavy atom. The molecule has 150 valence electrons. The fraction of sp³-hybridized carbons (Fsp3) is 0.696. The summed E-state index contributed by atoms with van der Waals surface area (Å²) in [5, 5.41) is 0. The van der Waals surface area contributed by atoms with Gasteiger partial charge >= 0.3 is 5.97 Å². The zero-order valence-corrected chi connectivity index (χ0v) is 17.4. The second-order valence-corrected chi connectivity index (χ2v) is 7.88. The van der Waals surface area contributed by atoms with Crippen LogP contribution in [0.5, 0.6) is 0 Å². The lowest BCUT2D eigenvalue weighted by molar-refractivity contribution is -0.155. The Balaban J connectivity index is 0.00000625. The van der Waals surface area contributed by atoms with Gasteiger partial charge in [-0.1, -0.05) is 101 Å². The molecule has 1 rings (SSSR count). The van der Waals surface area contributed by atoms with Crippen LogP contribution < -0.4 is 6.15 Å². The number of carbonyl (C=O) groups excluding carboxylic acids is 1. The molecule has 0 bridgehead atoms. The Morgan fingerprint density at radius 2 is 1.35 bits per heavy atom. The molecule has 1 aromatic rings. The molecule has 0 aliphatic carbocycles. The molecule has 0 fully saturated rings. The quantitative estimate of drug-likeness (QED) is 0.280. The molecule has 0 saturated heterocycles. The molecular weight excluding hydrogens is 322 g/mol. The largest absolute Gasteiger partial charge is 0.460 e. The highest BCUT2D eigenvalue weighted by Gasteiger charge is 2.28. The second-order valence-electron chi connectivity index (χ2n) is 7.88. The van der Waals surface area contributed by atoms with Crippen LogP contribution in [0.3, 0.4) is 0 Å². The van der Waals surface area contributed by atoms with Crippen LogP contribution in [-0.4, -0.2) is 5.97 Å². The van der Waals surface area contributed by atoms with Crippen molar-refractivity contribution in [2.75, 3.05) is 0 Å². The maximum absolute atomic E-state index is 12.3. The summed E-state index contributed by atoms with van der Waals surface area (Å²) in [5.74, 6) is -0.0766. The van der Waals surface area contributed by atoms with Gasteiger partial charge in [0.15, 0.2) is 0 Å². The molecule has 0 spiro atoms. The van der Waals surface area contributed by atoms with Crippen molar-refractivity contribution in [3.05, 3.63) is 35.9 Å². The van der Waals surface area contributed by atoms with E-state index in [0.29, 0.717) is 6.61 Å². The number of hydrogen-bond donors (Lipinski definition) is 1. The van der Waals surface area contributed by atoms with E-state index in [-0.39, 0.29) is 17.5 Å². The van der Waals surface area contributed by atoms with Gasteiger partial charge in [-0.25, -0.2) is 0 Å². The first-order valence-corrected chi connectivity index (χ1v) is 10.3. The van der Waals surface area contributed by atoms with E-state index in [1.165, 1.54) is 57.8 Å². The Hall–Kier alpha value is -1.35. The minimum atomic E-state index is -0.380. The van der Waals surface area contributed by atoms with Gasteiger partial charge in [0.1, 0.15) is 6.61 Å². The van der Waals surface area contributed by atoms with E-state index in [4.69, 9.17) is 4.74 Å². The zero-order chi connectivity index (χ0) is 18.4. The minimum absolute atomic E-state index is 0. The Morgan fingerprint density at radius 3 is 1.88 bits per heavy atom. The van der Waals surface area contributed by atoms with Crippen molar-refractivity contribution in [1.82, 2.24) is 6.15 Å². The standard InChI is InChI=1S/C23H38O2.H3N/c1-4-5-6-7-8-9-10-11-12-16-19-23(2,3)22(24)25-20-21-17-14-13-15-18-21;/h13-15,17-18H,4-12,16,19-20H2,1-3H3;1H3. The third kappa shape index (κ3) is 11.3. The van der Waals surface area contributed by atoms with Crippen LogP contribution in [0.25, 0.3) is 0 Å². The lowest BCUT2D eigenvalue weighted by Gasteiger charge is -2.22. The molecule has 0 saturated carbocycles. The van der Waals surface area contributed by atoms with E-state index in [1.807, 2.05) is 44.2 Å². The van der Waals surface area contributed by atoms with Crippen LogP contribution in [0.2, 0.25) is 0 Å². The fourth-order valence-corrected chi connectivity index (χ4v) is 3.07. The summed E-state index contributed by atoms with van der Waals surface area (Å²) in [5.41, 5.74) is 0.667. The molecule has 0 unspecified atom stereocenters. The summed E-state index contributed by atoms with van der Waals surface area (Å²) in [6.45, 7) is 6.65. The zero-order valence-electron chi connectivity index (χ0n) is 17.4. The van der Waals surface area contributed by atoms with Crippen LogP contribution in [0.4, 0.5) is 0 Å². The molecule has 0 aliphatic heterocycles. The summed E-state index contributed by atoms with van der Waals surface area (Å²) in [6, 6.07) is 9.89. The Labute approximate surface area is 161 Å². The summed E-state index contributed by atoms with van der Waals surface area (Å²) in [6.07, 6.45) is 14.1. The molecule has 3 nitrogen and oxygen atoms in total. The van der Waals surface area contributed by atoms with Crippen molar-refractivity contribution in [2.45, 2.75) is 98.0 Å². The van der Waals surface area contributed by atoms with Crippen molar-refractivity contribution in [2.24, 2.45) is 5.41 Å². The molecule has 26 heavy (non-hydrogen) atoms. The SMILES string of the molecule is CCCCCCCCCCCCC(C)(C)C(=O)OCc1ccccc1.N. The first-order chi connectivity index (χ1) is 12.1. The number of rotatable bonds is 14. The van der Waals surface area contributed by atoms with Gasteiger partial charge in [0.25, 0.3) is 0 Å². The van der Waals surface area contributed by atoms with E-state index in [1.54, 1.807) is 0 Å². The van der Waals surface area contributed by atoms with E-state index < -0.39 is 0 Å². The average Bonchev–Trinajstić information content (AvgIpc) is 2.62. The summed E-state index contributed by atoms with van der Waals surface area (Å²) in [4.78, 5) is 12.3. The Bertz CT molecular complexity index is 457. The van der Waals surface area contributed by atoms with Crippen LogP contribution in [0.1, 0.15) is 97.0 Å². The number of hydrogen-bond acceptors (Lipinski definition) is 3. The van der Waals surface area contributed by atoms with E-state index >= 15 is 0 Å². The minimum Gasteiger partial charge on any atom is -0.460 e. The number of ether oxygens (including phenoxy) is 1. The van der Waals surface area contributed by atoms with Gasteiger partial charge in [-0.05, 0) is 25.8 Å². The average molecular weight is 364 g/mol. The van der Waals surface area contributed by atoms with Crippen LogP contribution in [-0.2, 0) is 16.1 Å². The van der Waals surface area contributed by atoms with Crippen molar-refractivity contribution in [3.63, 3.8) is 0 Å². The van der Waals surface area contributed by atoms with E-state index in [2.05, 4.69) is 6.92 Å². The highest BCUT2D eigenvalue weighted by atomic mass is 16.5. The summed E-state index contributed by atoms with van der Waals surface area (Å²) >= 11 is 0. The third-order valence-electron chi connectivity index (χ3n) is 4.92. The van der Waals surface area contributed by atoms with Gasteiger partial charge < -0.3 is 10.9 Å². The number of carbonyl (C=O) groups is 1. The molecule has 0 amide bonds. The fourth-order valence-electron chi connectivity index (χ4n) is 3.07. The summed E-state index contributed by atoms with van der Waals surface area (Å²) in [7, 11) is 0. The van der Waals surface area contributed by atoms with Gasteiger partial charge in [0.05, 0.1) is 5.41 Å². The van der Waals surface area contributed by atoms with E-state index in [0.717, 1.165) is 18.4 Å². The molecule has 0 heterocycles. The van der Waals surface area contributed by atoms with Crippen molar-refractivity contribution >= 4 is 5.97 Å². The monoisotopic (exact) mass is 363 g/mol. The molecule has 0 atom stereocenters. The van der Waals surface area contributed by atoms with Crippen LogP contribution in [0, 0.1) is 5.41 Å². The first kappa shape index (κ1) is 24.7. The third-order valence-corrected chi connectivity index (χ3v) is 4.92. The molecule has 0 aliphatic rings. The molecule has 0 aromatic heterocycles. The first-order valence-electron chi connectivity index (χ1n) is 10.3. The maximum Gasteiger partial charge on any atom is 0.311 e. The summed E-state index contributed by atoms with van der Waals surface area (Å²) < 4.78 is 5.50. The van der Waals surface area contributed by atoms with Crippen molar-refractivity contribution in [1.29, 1.82) is 0 Å². The predicted octanol–water partition coefficient (Wildman–Crippen LogP) is 7.23. The molecule has 3 N–H and O–H groups in total. The predicted molar refractivity (Wildman–Crippen MR) is 112 cm³/mol. The van der Waals surface area contributed by atoms with Gasteiger partial charge in [-0.15, -0.1) is 0 Å². The number of benzene rings is 1. The molecular formula is C23H41NO2. The van der Waals surface area contributed by atoms with E-state index in [9.17, 15) is 4.79 Å².